The van der Waals surface area contributed by atoms with Crippen LogP contribution in [-0.4, -0.2) is 24.1 Å². The highest BCUT2D eigenvalue weighted by Crippen LogP contribution is 2.32. The van der Waals surface area contributed by atoms with Gasteiger partial charge in [-0.15, -0.1) is 0 Å². The second-order valence-electron chi connectivity index (χ2n) is 9.27. The number of carbonyl (C=O) groups is 1. The number of rotatable bonds is 7. The molecule has 37 heavy (non-hydrogen) atoms. The predicted octanol–water partition coefficient (Wildman–Crippen LogP) is 6.63. The number of anilines is 3. The van der Waals surface area contributed by atoms with Crippen molar-refractivity contribution in [2.45, 2.75) is 31.6 Å². The number of nitrogens with one attached hydrogen (secondary N) is 2. The Balaban J connectivity index is 1.34. The number of pyridine rings is 1. The molecule has 4 N–H and O–H groups in total. The molecular formula is C30H30N4O2S. The van der Waals surface area contributed by atoms with Crippen LogP contribution in [0, 0.1) is 6.92 Å². The molecule has 4 aromatic rings. The maximum Gasteiger partial charge on any atom is 0.228 e. The number of fused-ring (bicyclic) bond motifs is 1. The Hall–Kier alpha value is -3.65. The number of aromatic nitrogens is 1. The number of hydrogen-bond acceptors (Lipinski definition) is 6. The van der Waals surface area contributed by atoms with Crippen LogP contribution in [0.5, 0.6) is 0 Å². The molecule has 0 atom stereocenters. The van der Waals surface area contributed by atoms with Gasteiger partial charge in [0.2, 0.25) is 5.91 Å². The first-order valence-corrected chi connectivity index (χ1v) is 13.2. The topological polar surface area (TPSA) is 89.3 Å². The number of para-hydroxylation sites is 1. The average Bonchev–Trinajstić information content (AvgIpc) is 2.90. The molecular weight excluding hydrogens is 480 g/mol. The molecule has 0 saturated heterocycles. The minimum atomic E-state index is -0.0804. The highest BCUT2D eigenvalue weighted by molar-refractivity contribution is 7.97. The molecule has 0 radical (unpaired) electrons. The number of benzene rings is 3. The molecule has 1 aliphatic heterocycles. The van der Waals surface area contributed by atoms with E-state index in [1.807, 2.05) is 55.5 Å². The van der Waals surface area contributed by atoms with E-state index in [0.717, 1.165) is 69.1 Å². The van der Waals surface area contributed by atoms with Crippen LogP contribution in [0.15, 0.2) is 83.3 Å². The zero-order valence-electron chi connectivity index (χ0n) is 21.0. The first-order chi connectivity index (χ1) is 18.0. The van der Waals surface area contributed by atoms with Crippen LogP contribution >= 0.6 is 11.9 Å². The Bertz CT molecular complexity index is 1480. The minimum absolute atomic E-state index is 0.0804. The van der Waals surface area contributed by atoms with Crippen LogP contribution in [-0.2, 0) is 16.0 Å². The quantitative estimate of drug-likeness (QED) is 0.242. The smallest absolute Gasteiger partial charge is 0.228 e. The third-order valence-electron chi connectivity index (χ3n) is 6.50. The summed E-state index contributed by atoms with van der Waals surface area (Å²) in [7, 11) is 0. The number of nitrogens with two attached hydrogens (primary N) is 1. The molecule has 1 amide bonds. The van der Waals surface area contributed by atoms with E-state index in [1.54, 1.807) is 0 Å². The van der Waals surface area contributed by atoms with Crippen molar-refractivity contribution in [1.82, 2.24) is 4.98 Å². The van der Waals surface area contributed by atoms with E-state index in [2.05, 4.69) is 41.8 Å². The van der Waals surface area contributed by atoms with Crippen molar-refractivity contribution in [3.63, 3.8) is 0 Å². The van der Waals surface area contributed by atoms with Crippen molar-refractivity contribution in [1.29, 1.82) is 0 Å². The van der Waals surface area contributed by atoms with E-state index in [9.17, 15) is 4.79 Å². The van der Waals surface area contributed by atoms with Crippen molar-refractivity contribution < 1.29 is 9.53 Å². The highest BCUT2D eigenvalue weighted by atomic mass is 32.2. The first kappa shape index (κ1) is 25.0. The van der Waals surface area contributed by atoms with E-state index in [-0.39, 0.29) is 12.3 Å². The summed E-state index contributed by atoms with van der Waals surface area (Å²) in [6.07, 6.45) is 1.20. The molecule has 7 heteroatoms. The van der Waals surface area contributed by atoms with Crippen LogP contribution < -0.4 is 15.8 Å². The summed E-state index contributed by atoms with van der Waals surface area (Å²) in [6, 6.07) is 24.0. The molecule has 2 heterocycles. The van der Waals surface area contributed by atoms with Crippen LogP contribution in [0.1, 0.15) is 30.2 Å². The minimum Gasteiger partial charge on any atom is -0.377 e. The third-order valence-corrected chi connectivity index (χ3v) is 7.11. The number of amides is 1. The fraction of sp³-hybridized carbons (Fsp3) is 0.200. The number of ether oxygens (including phenoxy) is 1. The van der Waals surface area contributed by atoms with Crippen LogP contribution in [0.25, 0.3) is 16.5 Å². The molecule has 6 nitrogen and oxygen atoms in total. The largest absolute Gasteiger partial charge is 0.377 e. The van der Waals surface area contributed by atoms with Gasteiger partial charge in [-0.2, -0.15) is 0 Å². The van der Waals surface area contributed by atoms with Crippen molar-refractivity contribution in [2.24, 2.45) is 5.14 Å². The van der Waals surface area contributed by atoms with Gasteiger partial charge >= 0.3 is 0 Å². The van der Waals surface area contributed by atoms with Crippen LogP contribution in [0.3, 0.4) is 0 Å². The Morgan fingerprint density at radius 2 is 1.84 bits per heavy atom. The molecule has 0 aliphatic carbocycles. The third kappa shape index (κ3) is 5.85. The van der Waals surface area contributed by atoms with Crippen LogP contribution in [0.4, 0.5) is 17.1 Å². The van der Waals surface area contributed by atoms with Crippen molar-refractivity contribution in [2.75, 3.05) is 23.8 Å². The van der Waals surface area contributed by atoms with Gasteiger partial charge in [0.25, 0.3) is 0 Å². The standard InChI is InChI=1S/C30H30N4O2S/c1-19-18-36-14-13-24(19)22-9-12-26-25(17-22)28(15-20(2)32-26)33-23-10-7-21(8-11-23)16-30(35)34-27-5-3-4-6-29(27)37-31/h3-12,15,17H,13-14,16,18,31H2,1-2H3,(H,32,33)(H,34,35). The molecule has 1 aliphatic rings. The summed E-state index contributed by atoms with van der Waals surface area (Å²) in [5.74, 6) is -0.0804. The average molecular weight is 511 g/mol. The second-order valence-corrected chi connectivity index (χ2v) is 9.94. The van der Waals surface area contributed by atoms with Crippen molar-refractivity contribution in [3.8, 4) is 0 Å². The summed E-state index contributed by atoms with van der Waals surface area (Å²) in [6.45, 7) is 5.59. The summed E-state index contributed by atoms with van der Waals surface area (Å²) < 4.78 is 5.60. The van der Waals surface area contributed by atoms with E-state index < -0.39 is 0 Å². The van der Waals surface area contributed by atoms with E-state index in [4.69, 9.17) is 14.9 Å². The van der Waals surface area contributed by atoms with Gasteiger partial charge in [0.05, 0.1) is 30.8 Å². The summed E-state index contributed by atoms with van der Waals surface area (Å²) >= 11 is 1.12. The normalized spacial score (nSPS) is 13.6. The molecule has 0 bridgehead atoms. The molecule has 5 rings (SSSR count). The number of nitrogens with zero attached hydrogens (tertiary/aromatic N) is 1. The van der Waals surface area contributed by atoms with E-state index >= 15 is 0 Å². The number of carbonyl (C=O) groups excluding carboxylic acids is 1. The van der Waals surface area contributed by atoms with Gasteiger partial charge in [0, 0.05) is 27.4 Å². The number of hydrogen-bond donors (Lipinski definition) is 3. The van der Waals surface area contributed by atoms with Crippen molar-refractivity contribution in [3.05, 3.63) is 95.2 Å². The van der Waals surface area contributed by atoms with E-state index in [1.165, 1.54) is 16.7 Å². The fourth-order valence-corrected chi connectivity index (χ4v) is 5.06. The SMILES string of the molecule is CC1=C(c2ccc3nc(C)cc(Nc4ccc(CC(=O)Nc5ccccc5SN)cc4)c3c2)CCOC1. The Labute approximate surface area is 221 Å². The summed E-state index contributed by atoms with van der Waals surface area (Å²) in [4.78, 5) is 18.2. The highest BCUT2D eigenvalue weighted by Gasteiger charge is 2.14. The monoisotopic (exact) mass is 510 g/mol. The lowest BCUT2D eigenvalue weighted by atomic mass is 9.95. The van der Waals surface area contributed by atoms with Crippen LogP contribution in [0.2, 0.25) is 0 Å². The maximum atomic E-state index is 12.6. The lowest BCUT2D eigenvalue weighted by Gasteiger charge is -2.19. The van der Waals surface area contributed by atoms with Crippen molar-refractivity contribution >= 4 is 51.4 Å². The molecule has 1 aromatic heterocycles. The maximum absolute atomic E-state index is 12.6. The van der Waals surface area contributed by atoms with Gasteiger partial charge in [0.1, 0.15) is 0 Å². The zero-order chi connectivity index (χ0) is 25.8. The zero-order valence-corrected chi connectivity index (χ0v) is 21.8. The summed E-state index contributed by atoms with van der Waals surface area (Å²) in [5, 5.41) is 13.3. The van der Waals surface area contributed by atoms with E-state index in [0.29, 0.717) is 6.61 Å². The Kier molecular flexibility index (Phi) is 7.55. The Morgan fingerprint density at radius 3 is 2.62 bits per heavy atom. The summed E-state index contributed by atoms with van der Waals surface area (Å²) in [5.41, 5.74) is 9.39. The first-order valence-electron chi connectivity index (χ1n) is 12.3. The second kappa shape index (κ2) is 11.2. The number of aryl methyl sites for hydroxylation is 1. The van der Waals surface area contributed by atoms with Gasteiger partial charge in [-0.25, -0.2) is 0 Å². The van der Waals surface area contributed by atoms with Gasteiger partial charge in [0.15, 0.2) is 0 Å². The predicted molar refractivity (Wildman–Crippen MR) is 153 cm³/mol. The lowest BCUT2D eigenvalue weighted by molar-refractivity contribution is -0.115. The molecule has 0 spiro atoms. The van der Waals surface area contributed by atoms with Gasteiger partial charge in [-0.1, -0.05) is 30.3 Å². The van der Waals surface area contributed by atoms with Gasteiger partial charge < -0.3 is 15.4 Å². The van der Waals surface area contributed by atoms with Gasteiger partial charge in [-0.05, 0) is 97.0 Å². The molecule has 0 unspecified atom stereocenters. The van der Waals surface area contributed by atoms with Gasteiger partial charge in [-0.3, -0.25) is 14.9 Å². The molecule has 0 saturated carbocycles. The molecule has 188 valence electrons. The molecule has 0 fully saturated rings. The fourth-order valence-electron chi connectivity index (χ4n) is 4.65. The Morgan fingerprint density at radius 1 is 1.03 bits per heavy atom. The molecule has 3 aromatic carbocycles. The lowest BCUT2D eigenvalue weighted by Crippen LogP contribution is -2.15.